The van der Waals surface area contributed by atoms with Crippen LogP contribution in [0.15, 0.2) is 22.5 Å². The fourth-order valence-corrected chi connectivity index (χ4v) is 3.75. The number of nitrogens with zero attached hydrogens (tertiary/aromatic N) is 2. The summed E-state index contributed by atoms with van der Waals surface area (Å²) in [4.78, 5) is 8.84. The van der Waals surface area contributed by atoms with Gasteiger partial charge in [-0.3, -0.25) is 4.99 Å². The number of aliphatic imine (C=N–C) groups is 1. The zero-order chi connectivity index (χ0) is 17.6. The molecule has 132 valence electrons. The molecule has 0 amide bonds. The zero-order valence-electron chi connectivity index (χ0n) is 12.8. The number of halogens is 4. The van der Waals surface area contributed by atoms with Crippen LogP contribution in [-0.4, -0.2) is 31.1 Å². The van der Waals surface area contributed by atoms with Gasteiger partial charge in [0.2, 0.25) is 0 Å². The van der Waals surface area contributed by atoms with Crippen molar-refractivity contribution in [1.29, 1.82) is 0 Å². The third-order valence-corrected chi connectivity index (χ3v) is 5.19. The van der Waals surface area contributed by atoms with Crippen molar-refractivity contribution in [3.8, 4) is 0 Å². The quantitative estimate of drug-likeness (QED) is 0.576. The highest BCUT2D eigenvalue weighted by Gasteiger charge is 2.33. The molecule has 4 nitrogen and oxygen atoms in total. The third kappa shape index (κ3) is 5.95. The van der Waals surface area contributed by atoms with E-state index >= 15 is 0 Å². The Bertz CT molecular complexity index is 682. The molecule has 10 heteroatoms. The molecule has 0 spiro atoms. The van der Waals surface area contributed by atoms with Gasteiger partial charge in [-0.25, -0.2) is 4.98 Å². The van der Waals surface area contributed by atoms with Gasteiger partial charge in [-0.15, -0.1) is 22.7 Å². The van der Waals surface area contributed by atoms with Gasteiger partial charge in [0.05, 0.1) is 9.34 Å². The predicted octanol–water partition coefficient (Wildman–Crippen LogP) is 3.83. The minimum absolute atomic E-state index is 0.405. The van der Waals surface area contributed by atoms with Crippen molar-refractivity contribution in [2.45, 2.75) is 19.0 Å². The summed E-state index contributed by atoms with van der Waals surface area (Å²) in [6.07, 6.45) is -3.16. The second-order valence-corrected chi connectivity index (χ2v) is 7.50. The molecule has 24 heavy (non-hydrogen) atoms. The van der Waals surface area contributed by atoms with Gasteiger partial charge in [-0.05, 0) is 18.6 Å². The summed E-state index contributed by atoms with van der Waals surface area (Å²) in [5.74, 6) is 0.602. The first-order valence-electron chi connectivity index (χ1n) is 7.09. The number of hydrogen-bond donors (Lipinski definition) is 2. The van der Waals surface area contributed by atoms with Gasteiger partial charge >= 0.3 is 6.18 Å². The molecule has 0 aliphatic carbocycles. The second kappa shape index (κ2) is 8.68. The Morgan fingerprint density at radius 3 is 2.50 bits per heavy atom. The summed E-state index contributed by atoms with van der Waals surface area (Å²) in [7, 11) is 1.64. The summed E-state index contributed by atoms with van der Waals surface area (Å²) in [6, 6.07) is 3.84. The van der Waals surface area contributed by atoms with E-state index in [4.69, 9.17) is 11.6 Å². The standard InChI is InChI=1S/C14H16ClF3N4S2/c1-19-13(20-6-4-9-2-3-11(15)24-9)21-7-5-12-22-10(8-23-12)14(16,17)18/h2-3,8H,4-7H2,1H3,(H2,19,20,21). The number of rotatable bonds is 6. The summed E-state index contributed by atoms with van der Waals surface area (Å²) in [6.45, 7) is 1.14. The van der Waals surface area contributed by atoms with Crippen molar-refractivity contribution in [2.24, 2.45) is 4.99 Å². The average molecular weight is 397 g/mol. The van der Waals surface area contributed by atoms with Crippen LogP contribution in [0.2, 0.25) is 4.34 Å². The molecule has 0 saturated heterocycles. The van der Waals surface area contributed by atoms with Crippen molar-refractivity contribution in [3.63, 3.8) is 0 Å². The molecular weight excluding hydrogens is 381 g/mol. The Balaban J connectivity index is 1.70. The monoisotopic (exact) mass is 396 g/mol. The van der Waals surface area contributed by atoms with Crippen molar-refractivity contribution in [3.05, 3.63) is 37.4 Å². The molecule has 2 aromatic heterocycles. The van der Waals surface area contributed by atoms with Gasteiger partial charge < -0.3 is 10.6 Å². The van der Waals surface area contributed by atoms with Crippen LogP contribution in [-0.2, 0) is 19.0 Å². The maximum Gasteiger partial charge on any atom is 0.434 e. The van der Waals surface area contributed by atoms with Gasteiger partial charge in [0.25, 0.3) is 0 Å². The largest absolute Gasteiger partial charge is 0.434 e. The molecule has 0 unspecified atom stereocenters. The molecule has 0 bridgehead atoms. The Hall–Kier alpha value is -1.32. The van der Waals surface area contributed by atoms with Crippen LogP contribution in [0, 0.1) is 0 Å². The molecule has 2 N–H and O–H groups in total. The topological polar surface area (TPSA) is 49.3 Å². The average Bonchev–Trinajstić information content (AvgIpc) is 3.14. The van der Waals surface area contributed by atoms with Gasteiger partial charge in [-0.2, -0.15) is 13.2 Å². The van der Waals surface area contributed by atoms with Crippen molar-refractivity contribution < 1.29 is 13.2 Å². The lowest BCUT2D eigenvalue weighted by molar-refractivity contribution is -0.140. The predicted molar refractivity (Wildman–Crippen MR) is 93.2 cm³/mol. The van der Waals surface area contributed by atoms with Gasteiger partial charge in [0, 0.05) is 36.8 Å². The van der Waals surface area contributed by atoms with E-state index in [9.17, 15) is 13.2 Å². The van der Waals surface area contributed by atoms with E-state index in [0.29, 0.717) is 30.5 Å². The second-order valence-electron chi connectivity index (χ2n) is 4.76. The minimum atomic E-state index is -4.38. The number of guanidine groups is 1. The number of aromatic nitrogens is 1. The highest BCUT2D eigenvalue weighted by molar-refractivity contribution is 7.16. The molecule has 0 fully saturated rings. The summed E-state index contributed by atoms with van der Waals surface area (Å²) < 4.78 is 38.2. The van der Waals surface area contributed by atoms with E-state index in [1.165, 1.54) is 16.2 Å². The first-order valence-corrected chi connectivity index (χ1v) is 9.16. The molecule has 0 saturated carbocycles. The molecule has 0 aliphatic rings. The van der Waals surface area contributed by atoms with Crippen molar-refractivity contribution in [1.82, 2.24) is 15.6 Å². The lowest BCUT2D eigenvalue weighted by Gasteiger charge is -2.10. The molecule has 0 radical (unpaired) electrons. The normalized spacial score (nSPS) is 12.5. The molecule has 2 heterocycles. The summed E-state index contributed by atoms with van der Waals surface area (Å²) in [5.41, 5.74) is -0.834. The van der Waals surface area contributed by atoms with Crippen LogP contribution in [0.5, 0.6) is 0 Å². The maximum absolute atomic E-state index is 12.5. The highest BCUT2D eigenvalue weighted by atomic mass is 35.5. The Kier molecular flexibility index (Phi) is 6.88. The van der Waals surface area contributed by atoms with Crippen LogP contribution in [0.1, 0.15) is 15.6 Å². The van der Waals surface area contributed by atoms with Crippen molar-refractivity contribution in [2.75, 3.05) is 20.1 Å². The Morgan fingerprint density at radius 1 is 1.25 bits per heavy atom. The fourth-order valence-electron chi connectivity index (χ4n) is 1.85. The van der Waals surface area contributed by atoms with E-state index < -0.39 is 11.9 Å². The number of thiazole rings is 1. The minimum Gasteiger partial charge on any atom is -0.356 e. The smallest absolute Gasteiger partial charge is 0.356 e. The first-order chi connectivity index (χ1) is 11.4. The highest BCUT2D eigenvalue weighted by Crippen LogP contribution is 2.30. The molecule has 2 aromatic rings. The van der Waals surface area contributed by atoms with Crippen LogP contribution in [0.4, 0.5) is 13.2 Å². The van der Waals surface area contributed by atoms with Crippen LogP contribution in [0.25, 0.3) is 0 Å². The maximum atomic E-state index is 12.5. The summed E-state index contributed by atoms with van der Waals surface area (Å²) >= 11 is 8.42. The number of thiophene rings is 1. The summed E-state index contributed by atoms with van der Waals surface area (Å²) in [5, 5.41) is 7.69. The van der Waals surface area contributed by atoms with E-state index in [2.05, 4.69) is 20.6 Å². The molecule has 0 aromatic carbocycles. The van der Waals surface area contributed by atoms with Crippen molar-refractivity contribution >= 4 is 40.2 Å². The molecule has 0 aliphatic heterocycles. The van der Waals surface area contributed by atoms with Crippen LogP contribution in [0.3, 0.4) is 0 Å². The van der Waals surface area contributed by atoms with E-state index in [1.54, 1.807) is 7.05 Å². The number of alkyl halides is 3. The molecule has 2 rings (SSSR count). The van der Waals surface area contributed by atoms with Gasteiger partial charge in [0.1, 0.15) is 0 Å². The fraction of sp³-hybridized carbons (Fsp3) is 0.429. The molecule has 0 atom stereocenters. The molecular formula is C14H16ClF3N4S2. The van der Waals surface area contributed by atoms with E-state index in [1.807, 2.05) is 12.1 Å². The third-order valence-electron chi connectivity index (χ3n) is 2.99. The van der Waals surface area contributed by atoms with Crippen LogP contribution < -0.4 is 10.6 Å². The van der Waals surface area contributed by atoms with Crippen LogP contribution >= 0.6 is 34.3 Å². The lowest BCUT2D eigenvalue weighted by Crippen LogP contribution is -2.39. The lowest BCUT2D eigenvalue weighted by atomic mass is 10.3. The van der Waals surface area contributed by atoms with Gasteiger partial charge in [-0.1, -0.05) is 11.6 Å². The van der Waals surface area contributed by atoms with Gasteiger partial charge in [0.15, 0.2) is 11.7 Å². The first kappa shape index (κ1) is 19.0. The SMILES string of the molecule is CN=C(NCCc1ccc(Cl)s1)NCCc1nc(C(F)(F)F)cs1. The Morgan fingerprint density at radius 2 is 1.96 bits per heavy atom. The number of hydrogen-bond acceptors (Lipinski definition) is 4. The Labute approximate surface area is 150 Å². The zero-order valence-corrected chi connectivity index (χ0v) is 15.2. The van der Waals surface area contributed by atoms with E-state index in [-0.39, 0.29) is 0 Å². The van der Waals surface area contributed by atoms with E-state index in [0.717, 1.165) is 27.5 Å². The number of nitrogens with one attached hydrogen (secondary N) is 2.